The summed E-state index contributed by atoms with van der Waals surface area (Å²) >= 11 is 0. The molecule has 24 heavy (non-hydrogen) atoms. The summed E-state index contributed by atoms with van der Waals surface area (Å²) in [5.41, 5.74) is 1.44. The Morgan fingerprint density at radius 1 is 1.21 bits per heavy atom. The van der Waals surface area contributed by atoms with E-state index in [0.717, 1.165) is 57.8 Å². The highest BCUT2D eigenvalue weighted by molar-refractivity contribution is 5.99. The lowest BCUT2D eigenvalue weighted by molar-refractivity contribution is -0.117. The average Bonchev–Trinajstić information content (AvgIpc) is 3.05. The van der Waals surface area contributed by atoms with Crippen LogP contribution in [0.1, 0.15) is 29.6 Å². The van der Waals surface area contributed by atoms with Gasteiger partial charge in [0.2, 0.25) is 5.91 Å². The van der Waals surface area contributed by atoms with E-state index in [1.165, 1.54) is 0 Å². The highest BCUT2D eigenvalue weighted by Crippen LogP contribution is 2.22. The highest BCUT2D eigenvalue weighted by Gasteiger charge is 2.22. The monoisotopic (exact) mass is 330 g/mol. The Balaban J connectivity index is 1.47. The Bertz CT molecular complexity index is 584. The summed E-state index contributed by atoms with van der Waals surface area (Å²) in [4.78, 5) is 28.3. The predicted octanol–water partition coefficient (Wildman–Crippen LogP) is 0.839. The van der Waals surface area contributed by atoms with Crippen LogP contribution in [-0.2, 0) is 4.79 Å². The number of carbonyl (C=O) groups excluding carboxylic acids is 2. The van der Waals surface area contributed by atoms with E-state index in [1.807, 2.05) is 18.2 Å². The van der Waals surface area contributed by atoms with Gasteiger partial charge in [0.25, 0.3) is 5.91 Å². The first-order valence-electron chi connectivity index (χ1n) is 8.86. The lowest BCUT2D eigenvalue weighted by atomic mass is 10.1. The van der Waals surface area contributed by atoms with Crippen LogP contribution in [0.15, 0.2) is 24.3 Å². The van der Waals surface area contributed by atoms with Crippen molar-refractivity contribution in [3.63, 3.8) is 0 Å². The second-order valence-corrected chi connectivity index (χ2v) is 6.40. The molecule has 3 rings (SSSR count). The molecule has 0 aromatic heterocycles. The molecule has 0 spiro atoms. The number of nitrogens with zero attached hydrogens (tertiary/aromatic N) is 2. The third-order valence-corrected chi connectivity index (χ3v) is 4.64. The molecule has 6 heteroatoms. The number of hydrogen-bond donors (Lipinski definition) is 2. The third kappa shape index (κ3) is 4.33. The topological polar surface area (TPSA) is 64.7 Å². The van der Waals surface area contributed by atoms with Crippen molar-refractivity contribution in [2.24, 2.45) is 0 Å². The zero-order chi connectivity index (χ0) is 16.8. The van der Waals surface area contributed by atoms with E-state index in [-0.39, 0.29) is 11.8 Å². The van der Waals surface area contributed by atoms with E-state index in [9.17, 15) is 9.59 Å². The molecule has 0 saturated carbocycles. The molecule has 6 nitrogen and oxygen atoms in total. The van der Waals surface area contributed by atoms with Gasteiger partial charge in [0.15, 0.2) is 0 Å². The lowest BCUT2D eigenvalue weighted by Gasteiger charge is -2.27. The van der Waals surface area contributed by atoms with Gasteiger partial charge in [-0.25, -0.2) is 0 Å². The minimum absolute atomic E-state index is 0.0659. The molecule has 2 fully saturated rings. The van der Waals surface area contributed by atoms with Crippen LogP contribution < -0.4 is 15.5 Å². The van der Waals surface area contributed by atoms with Crippen LogP contribution in [0, 0.1) is 0 Å². The summed E-state index contributed by atoms with van der Waals surface area (Å²) in [5.74, 6) is 0.0763. The normalized spacial score (nSPS) is 18.8. The van der Waals surface area contributed by atoms with Crippen molar-refractivity contribution in [2.75, 3.05) is 50.7 Å². The lowest BCUT2D eigenvalue weighted by Crippen LogP contribution is -2.44. The molecule has 0 radical (unpaired) electrons. The molecule has 0 aliphatic carbocycles. The fraction of sp³-hybridized carbons (Fsp3) is 0.556. The van der Waals surface area contributed by atoms with Gasteiger partial charge < -0.3 is 20.4 Å². The molecule has 0 bridgehead atoms. The Kier molecular flexibility index (Phi) is 5.82. The minimum Gasteiger partial charge on any atom is -0.352 e. The molecule has 0 atom stereocenters. The molecule has 2 heterocycles. The van der Waals surface area contributed by atoms with E-state index < -0.39 is 0 Å². The van der Waals surface area contributed by atoms with E-state index in [0.29, 0.717) is 18.5 Å². The summed E-state index contributed by atoms with van der Waals surface area (Å²) in [5, 5.41) is 6.32. The number of carbonyl (C=O) groups is 2. The standard InChI is InChI=1S/C18H26N4O2/c23-17-6-2-11-22(17)16-5-1-4-15(14-16)18(24)20-7-3-10-21-12-8-19-9-13-21/h1,4-5,14,19H,2-3,6-13H2,(H,20,24). The number of piperazine rings is 1. The van der Waals surface area contributed by atoms with Crippen LogP contribution in [0.4, 0.5) is 5.69 Å². The van der Waals surface area contributed by atoms with Crippen LogP contribution in [0.2, 0.25) is 0 Å². The minimum atomic E-state index is -0.0659. The molecule has 2 aliphatic heterocycles. The van der Waals surface area contributed by atoms with Gasteiger partial charge in [-0.1, -0.05) is 6.07 Å². The van der Waals surface area contributed by atoms with Gasteiger partial charge in [0.1, 0.15) is 0 Å². The van der Waals surface area contributed by atoms with Gasteiger partial charge in [-0.2, -0.15) is 0 Å². The molecule has 2 aliphatic rings. The molecular formula is C18H26N4O2. The van der Waals surface area contributed by atoms with Crippen LogP contribution in [0.5, 0.6) is 0 Å². The summed E-state index contributed by atoms with van der Waals surface area (Å²) in [6.45, 7) is 6.71. The summed E-state index contributed by atoms with van der Waals surface area (Å²) in [6.07, 6.45) is 2.44. The molecule has 1 aromatic carbocycles. The number of benzene rings is 1. The van der Waals surface area contributed by atoms with Gasteiger partial charge in [0, 0.05) is 56.9 Å². The van der Waals surface area contributed by atoms with Crippen molar-refractivity contribution >= 4 is 17.5 Å². The van der Waals surface area contributed by atoms with Crippen molar-refractivity contribution in [1.29, 1.82) is 0 Å². The number of amides is 2. The summed E-state index contributed by atoms with van der Waals surface area (Å²) in [6, 6.07) is 7.35. The van der Waals surface area contributed by atoms with Gasteiger partial charge in [-0.05, 0) is 37.6 Å². The number of hydrogen-bond acceptors (Lipinski definition) is 4. The van der Waals surface area contributed by atoms with Gasteiger partial charge >= 0.3 is 0 Å². The van der Waals surface area contributed by atoms with Crippen molar-refractivity contribution in [3.05, 3.63) is 29.8 Å². The fourth-order valence-electron chi connectivity index (χ4n) is 3.28. The van der Waals surface area contributed by atoms with E-state index in [1.54, 1.807) is 11.0 Å². The largest absolute Gasteiger partial charge is 0.352 e. The number of nitrogens with one attached hydrogen (secondary N) is 2. The van der Waals surface area contributed by atoms with Crippen molar-refractivity contribution in [3.8, 4) is 0 Å². The smallest absolute Gasteiger partial charge is 0.251 e. The zero-order valence-electron chi connectivity index (χ0n) is 14.1. The highest BCUT2D eigenvalue weighted by atomic mass is 16.2. The average molecular weight is 330 g/mol. The molecule has 2 saturated heterocycles. The first-order chi connectivity index (χ1) is 11.7. The molecule has 1 aromatic rings. The summed E-state index contributed by atoms with van der Waals surface area (Å²) < 4.78 is 0. The first-order valence-corrected chi connectivity index (χ1v) is 8.86. The number of rotatable bonds is 6. The van der Waals surface area contributed by atoms with E-state index in [2.05, 4.69) is 15.5 Å². The van der Waals surface area contributed by atoms with Gasteiger partial charge in [0.05, 0.1) is 0 Å². The predicted molar refractivity (Wildman–Crippen MR) is 94.3 cm³/mol. The Labute approximate surface area is 143 Å². The SMILES string of the molecule is O=C(NCCCN1CCNCC1)c1cccc(N2CCCC2=O)c1. The quantitative estimate of drug-likeness (QED) is 0.759. The maximum Gasteiger partial charge on any atom is 0.251 e. The third-order valence-electron chi connectivity index (χ3n) is 4.64. The van der Waals surface area contributed by atoms with Crippen LogP contribution in [0.3, 0.4) is 0 Å². The van der Waals surface area contributed by atoms with Gasteiger partial charge in [-0.3, -0.25) is 9.59 Å². The second kappa shape index (κ2) is 8.26. The molecule has 130 valence electrons. The molecule has 0 unspecified atom stereocenters. The fourth-order valence-corrected chi connectivity index (χ4v) is 3.28. The molecule has 2 amide bonds. The zero-order valence-corrected chi connectivity index (χ0v) is 14.1. The van der Waals surface area contributed by atoms with Crippen molar-refractivity contribution < 1.29 is 9.59 Å². The molecule has 2 N–H and O–H groups in total. The molecular weight excluding hydrogens is 304 g/mol. The van der Waals surface area contributed by atoms with Crippen LogP contribution in [-0.4, -0.2) is 62.5 Å². The second-order valence-electron chi connectivity index (χ2n) is 6.40. The van der Waals surface area contributed by atoms with Crippen LogP contribution in [0.25, 0.3) is 0 Å². The number of anilines is 1. The Hall–Kier alpha value is -1.92. The Morgan fingerprint density at radius 2 is 2.04 bits per heavy atom. The van der Waals surface area contributed by atoms with Crippen molar-refractivity contribution in [1.82, 2.24) is 15.5 Å². The maximum absolute atomic E-state index is 12.3. The van der Waals surface area contributed by atoms with E-state index in [4.69, 9.17) is 0 Å². The van der Waals surface area contributed by atoms with Crippen molar-refractivity contribution in [2.45, 2.75) is 19.3 Å². The first kappa shape index (κ1) is 16.9. The summed E-state index contributed by atoms with van der Waals surface area (Å²) in [7, 11) is 0. The van der Waals surface area contributed by atoms with Gasteiger partial charge in [-0.15, -0.1) is 0 Å². The maximum atomic E-state index is 12.3. The Morgan fingerprint density at radius 3 is 2.79 bits per heavy atom. The van der Waals surface area contributed by atoms with E-state index >= 15 is 0 Å². The van der Waals surface area contributed by atoms with Crippen LogP contribution >= 0.6 is 0 Å².